The molecule has 1 heterocycles. The fraction of sp³-hybridized carbons (Fsp3) is 0. The van der Waals surface area contributed by atoms with E-state index in [-0.39, 0.29) is 5.75 Å². The second-order valence-electron chi connectivity index (χ2n) is 1.47. The highest BCUT2D eigenvalue weighted by atomic mass is 32.3. The summed E-state index contributed by atoms with van der Waals surface area (Å²) in [5.74, 6) is -0.0532. The van der Waals surface area contributed by atoms with Crippen LogP contribution >= 0.6 is 0 Å². The summed E-state index contributed by atoms with van der Waals surface area (Å²) in [7, 11) is -4.41. The molecule has 0 aliphatic heterocycles. The molecule has 0 aromatic carbocycles. The zero-order valence-corrected chi connectivity index (χ0v) is 5.54. The van der Waals surface area contributed by atoms with Crippen LogP contribution in [0, 0.1) is 0 Å². The van der Waals surface area contributed by atoms with Gasteiger partial charge in [-0.3, -0.25) is 4.55 Å². The maximum absolute atomic E-state index is 9.99. The van der Waals surface area contributed by atoms with Crippen molar-refractivity contribution in [3.63, 3.8) is 0 Å². The Labute approximate surface area is 57.2 Å². The Hall–Kier alpha value is -1.01. The normalized spacial score (nSPS) is 11.3. The van der Waals surface area contributed by atoms with Crippen molar-refractivity contribution in [1.82, 2.24) is 0 Å². The smallest absolute Gasteiger partial charge is 0.446 e. The SMILES string of the molecule is O=S(=O)(O)Oc1ccoc1. The first-order valence-corrected chi connectivity index (χ1v) is 3.63. The Morgan fingerprint density at radius 1 is 1.60 bits per heavy atom. The van der Waals surface area contributed by atoms with E-state index in [1.54, 1.807) is 0 Å². The van der Waals surface area contributed by atoms with Crippen molar-refractivity contribution in [2.24, 2.45) is 0 Å². The van der Waals surface area contributed by atoms with Crippen molar-refractivity contribution in [3.8, 4) is 5.75 Å². The maximum atomic E-state index is 9.99. The van der Waals surface area contributed by atoms with Crippen LogP contribution in [0.25, 0.3) is 0 Å². The van der Waals surface area contributed by atoms with E-state index in [0.717, 1.165) is 6.26 Å². The maximum Gasteiger partial charge on any atom is 0.446 e. The molecule has 0 spiro atoms. The molecule has 0 aliphatic carbocycles. The van der Waals surface area contributed by atoms with Gasteiger partial charge in [-0.1, -0.05) is 0 Å². The Morgan fingerprint density at radius 2 is 2.30 bits per heavy atom. The molecule has 0 atom stereocenters. The van der Waals surface area contributed by atoms with Gasteiger partial charge in [0.2, 0.25) is 0 Å². The Kier molecular flexibility index (Phi) is 1.64. The van der Waals surface area contributed by atoms with E-state index in [4.69, 9.17) is 4.55 Å². The Bertz CT molecular complexity index is 283. The minimum absolute atomic E-state index is 0.0532. The Morgan fingerprint density at radius 3 is 2.70 bits per heavy atom. The molecular formula is C4H4O5S. The van der Waals surface area contributed by atoms with E-state index in [0.29, 0.717) is 0 Å². The van der Waals surface area contributed by atoms with Gasteiger partial charge in [0.1, 0.15) is 6.26 Å². The van der Waals surface area contributed by atoms with E-state index < -0.39 is 10.4 Å². The van der Waals surface area contributed by atoms with Crippen LogP contribution in [0.15, 0.2) is 23.0 Å². The zero-order chi connectivity index (χ0) is 7.61. The average Bonchev–Trinajstić information content (AvgIpc) is 2.12. The summed E-state index contributed by atoms with van der Waals surface area (Å²) < 4.78 is 36.5. The summed E-state index contributed by atoms with van der Waals surface area (Å²) in [6.07, 6.45) is 2.27. The molecule has 0 unspecified atom stereocenters. The second-order valence-corrected chi connectivity index (χ2v) is 2.49. The molecule has 6 heteroatoms. The highest BCUT2D eigenvalue weighted by Gasteiger charge is 2.06. The molecule has 0 fully saturated rings. The van der Waals surface area contributed by atoms with E-state index in [2.05, 4.69) is 8.60 Å². The van der Waals surface area contributed by atoms with Gasteiger partial charge in [0.05, 0.1) is 6.26 Å². The van der Waals surface area contributed by atoms with Gasteiger partial charge in [-0.05, 0) is 0 Å². The summed E-state index contributed by atoms with van der Waals surface area (Å²) >= 11 is 0. The summed E-state index contributed by atoms with van der Waals surface area (Å²) in [4.78, 5) is 0. The van der Waals surface area contributed by atoms with E-state index in [1.807, 2.05) is 0 Å². The van der Waals surface area contributed by atoms with Gasteiger partial charge in [-0.25, -0.2) is 0 Å². The predicted molar refractivity (Wildman–Crippen MR) is 30.9 cm³/mol. The van der Waals surface area contributed by atoms with Gasteiger partial charge >= 0.3 is 10.4 Å². The lowest BCUT2D eigenvalue weighted by molar-refractivity contribution is 0.384. The molecule has 1 rings (SSSR count). The molecule has 0 radical (unpaired) electrons. The third kappa shape index (κ3) is 2.08. The van der Waals surface area contributed by atoms with Gasteiger partial charge in [-0.15, -0.1) is 0 Å². The highest BCUT2D eigenvalue weighted by molar-refractivity contribution is 7.81. The number of hydrogen-bond acceptors (Lipinski definition) is 4. The molecule has 1 N–H and O–H groups in total. The molecule has 0 bridgehead atoms. The summed E-state index contributed by atoms with van der Waals surface area (Å²) in [6.45, 7) is 0. The third-order valence-electron chi connectivity index (χ3n) is 0.697. The first kappa shape index (κ1) is 7.10. The number of rotatable bonds is 2. The lowest BCUT2D eigenvalue weighted by Crippen LogP contribution is -2.05. The van der Waals surface area contributed by atoms with Crippen LogP contribution in [0.5, 0.6) is 5.75 Å². The summed E-state index contributed by atoms with van der Waals surface area (Å²) in [5, 5.41) is 0. The minimum Gasteiger partial charge on any atom is -0.469 e. The van der Waals surface area contributed by atoms with Gasteiger partial charge in [0, 0.05) is 6.07 Å². The predicted octanol–water partition coefficient (Wildman–Crippen LogP) is 0.461. The van der Waals surface area contributed by atoms with Crippen LogP contribution in [0.2, 0.25) is 0 Å². The van der Waals surface area contributed by atoms with Gasteiger partial charge in [0.15, 0.2) is 5.75 Å². The number of furan rings is 1. The Balaban J connectivity index is 2.75. The van der Waals surface area contributed by atoms with Crippen LogP contribution in [-0.4, -0.2) is 13.0 Å². The number of hydrogen-bond donors (Lipinski definition) is 1. The van der Waals surface area contributed by atoms with E-state index in [1.165, 1.54) is 12.3 Å². The van der Waals surface area contributed by atoms with Crippen molar-refractivity contribution in [2.75, 3.05) is 0 Å². The fourth-order valence-electron chi connectivity index (χ4n) is 0.421. The van der Waals surface area contributed by atoms with Gasteiger partial charge < -0.3 is 8.60 Å². The summed E-state index contributed by atoms with van der Waals surface area (Å²) in [5.41, 5.74) is 0. The molecule has 0 aliphatic rings. The first-order chi connectivity index (χ1) is 4.58. The largest absolute Gasteiger partial charge is 0.469 e. The molecular weight excluding hydrogens is 160 g/mol. The monoisotopic (exact) mass is 164 g/mol. The molecule has 0 saturated carbocycles. The molecule has 1 aromatic rings. The first-order valence-electron chi connectivity index (χ1n) is 2.27. The average molecular weight is 164 g/mol. The highest BCUT2D eigenvalue weighted by Crippen LogP contribution is 2.11. The zero-order valence-electron chi connectivity index (χ0n) is 4.72. The minimum atomic E-state index is -4.41. The van der Waals surface area contributed by atoms with Crippen molar-refractivity contribution < 1.29 is 21.6 Å². The standard InChI is InChI=1S/C4H4O5S/c5-10(6,7)9-4-1-2-8-3-4/h1-3H,(H,5,6,7). The van der Waals surface area contributed by atoms with Crippen molar-refractivity contribution in [2.45, 2.75) is 0 Å². The molecule has 5 nitrogen and oxygen atoms in total. The van der Waals surface area contributed by atoms with E-state index in [9.17, 15) is 8.42 Å². The van der Waals surface area contributed by atoms with E-state index >= 15 is 0 Å². The molecule has 1 aromatic heterocycles. The molecule has 0 saturated heterocycles. The van der Waals surface area contributed by atoms with Crippen LogP contribution in [0.1, 0.15) is 0 Å². The fourth-order valence-corrected chi connectivity index (χ4v) is 0.759. The molecule has 0 amide bonds. The topological polar surface area (TPSA) is 76.7 Å². The molecule has 56 valence electrons. The third-order valence-corrected chi connectivity index (χ3v) is 1.10. The van der Waals surface area contributed by atoms with Crippen molar-refractivity contribution in [3.05, 3.63) is 18.6 Å². The molecule has 10 heavy (non-hydrogen) atoms. The van der Waals surface area contributed by atoms with Crippen LogP contribution < -0.4 is 4.18 Å². The van der Waals surface area contributed by atoms with Crippen molar-refractivity contribution in [1.29, 1.82) is 0 Å². The lowest BCUT2D eigenvalue weighted by atomic mass is 10.6. The van der Waals surface area contributed by atoms with Crippen molar-refractivity contribution >= 4 is 10.4 Å². The lowest BCUT2D eigenvalue weighted by Gasteiger charge is -1.93. The second kappa shape index (κ2) is 2.31. The van der Waals surface area contributed by atoms with Crippen LogP contribution in [0.4, 0.5) is 0 Å². The van der Waals surface area contributed by atoms with Crippen LogP contribution in [-0.2, 0) is 10.4 Å². The van der Waals surface area contributed by atoms with Gasteiger partial charge in [-0.2, -0.15) is 8.42 Å². The van der Waals surface area contributed by atoms with Gasteiger partial charge in [0.25, 0.3) is 0 Å². The quantitative estimate of drug-likeness (QED) is 0.642. The van der Waals surface area contributed by atoms with Crippen LogP contribution in [0.3, 0.4) is 0 Å². The summed E-state index contributed by atoms with van der Waals surface area (Å²) in [6, 6.07) is 1.26.